The van der Waals surface area contributed by atoms with Crippen LogP contribution in [0.3, 0.4) is 0 Å². The van der Waals surface area contributed by atoms with Gasteiger partial charge in [0.15, 0.2) is 5.82 Å². The highest BCUT2D eigenvalue weighted by Gasteiger charge is 2.14. The highest BCUT2D eigenvalue weighted by molar-refractivity contribution is 7.12. The van der Waals surface area contributed by atoms with Gasteiger partial charge in [0.05, 0.1) is 0 Å². The Balaban J connectivity index is 2.28. The molecule has 0 bridgehead atoms. The van der Waals surface area contributed by atoms with Crippen molar-refractivity contribution in [2.45, 2.75) is 13.0 Å². The number of hydrogen-bond donors (Lipinski definition) is 2. The molecule has 0 saturated carbocycles. The van der Waals surface area contributed by atoms with Crippen LogP contribution in [0.15, 0.2) is 18.5 Å². The van der Waals surface area contributed by atoms with Gasteiger partial charge in [-0.05, 0) is 19.1 Å². The molecule has 13 heavy (non-hydrogen) atoms. The lowest BCUT2D eigenvalue weighted by atomic mass is 10.3. The molecule has 2 heterocycles. The SMILES string of the molecule is Cc1ccc(C(O)c2ncn[nH]2)s1. The summed E-state index contributed by atoms with van der Waals surface area (Å²) in [6.45, 7) is 2.00. The van der Waals surface area contributed by atoms with Gasteiger partial charge in [-0.1, -0.05) is 0 Å². The van der Waals surface area contributed by atoms with Crippen LogP contribution in [0.5, 0.6) is 0 Å². The van der Waals surface area contributed by atoms with E-state index in [2.05, 4.69) is 15.2 Å². The van der Waals surface area contributed by atoms with E-state index in [1.165, 1.54) is 11.2 Å². The molecule has 0 radical (unpaired) electrons. The minimum Gasteiger partial charge on any atom is -0.379 e. The van der Waals surface area contributed by atoms with Crippen molar-refractivity contribution in [3.8, 4) is 0 Å². The molecule has 2 rings (SSSR count). The van der Waals surface area contributed by atoms with Gasteiger partial charge >= 0.3 is 0 Å². The summed E-state index contributed by atoms with van der Waals surface area (Å²) >= 11 is 1.56. The molecule has 0 aliphatic carbocycles. The Morgan fingerprint density at radius 1 is 1.54 bits per heavy atom. The van der Waals surface area contributed by atoms with Gasteiger partial charge < -0.3 is 5.11 Å². The molecule has 0 aliphatic heterocycles. The molecule has 0 amide bonds. The third-order valence-electron chi connectivity index (χ3n) is 1.72. The van der Waals surface area contributed by atoms with E-state index in [1.54, 1.807) is 11.3 Å². The molecule has 4 nitrogen and oxygen atoms in total. The van der Waals surface area contributed by atoms with Crippen LogP contribution in [0.1, 0.15) is 21.7 Å². The molecular formula is C8H9N3OS. The fraction of sp³-hybridized carbons (Fsp3) is 0.250. The Bertz CT molecular complexity index is 382. The minimum atomic E-state index is -0.679. The van der Waals surface area contributed by atoms with Gasteiger partial charge in [-0.15, -0.1) is 11.3 Å². The van der Waals surface area contributed by atoms with Crippen molar-refractivity contribution in [1.29, 1.82) is 0 Å². The molecule has 0 aliphatic rings. The standard InChI is InChI=1S/C8H9N3OS/c1-5-2-3-6(13-5)7(12)8-9-4-10-11-8/h2-4,7,12H,1H3,(H,9,10,11). The van der Waals surface area contributed by atoms with Gasteiger partial charge in [-0.3, -0.25) is 5.10 Å². The number of aryl methyl sites for hydroxylation is 1. The van der Waals surface area contributed by atoms with E-state index in [-0.39, 0.29) is 0 Å². The third kappa shape index (κ3) is 1.61. The first-order valence-electron chi connectivity index (χ1n) is 3.87. The van der Waals surface area contributed by atoms with Crippen molar-refractivity contribution in [3.05, 3.63) is 34.0 Å². The summed E-state index contributed by atoms with van der Waals surface area (Å²) in [6.07, 6.45) is 0.708. The lowest BCUT2D eigenvalue weighted by Gasteiger charge is -2.02. The second kappa shape index (κ2) is 3.27. The van der Waals surface area contributed by atoms with E-state index in [9.17, 15) is 5.11 Å². The number of aromatic nitrogens is 3. The highest BCUT2D eigenvalue weighted by Crippen LogP contribution is 2.25. The number of nitrogens with zero attached hydrogens (tertiary/aromatic N) is 2. The average Bonchev–Trinajstić information content (AvgIpc) is 2.72. The van der Waals surface area contributed by atoms with E-state index in [4.69, 9.17) is 0 Å². The van der Waals surface area contributed by atoms with Crippen molar-refractivity contribution in [3.63, 3.8) is 0 Å². The zero-order valence-electron chi connectivity index (χ0n) is 7.06. The molecule has 1 unspecified atom stereocenters. The number of aromatic amines is 1. The average molecular weight is 195 g/mol. The number of thiophene rings is 1. The lowest BCUT2D eigenvalue weighted by molar-refractivity contribution is 0.214. The monoisotopic (exact) mass is 195 g/mol. The largest absolute Gasteiger partial charge is 0.379 e. The molecule has 0 fully saturated rings. The van der Waals surface area contributed by atoms with Crippen molar-refractivity contribution in [2.75, 3.05) is 0 Å². The van der Waals surface area contributed by atoms with Gasteiger partial charge in [-0.2, -0.15) is 5.10 Å². The number of H-pyrrole nitrogens is 1. The van der Waals surface area contributed by atoms with E-state index < -0.39 is 6.10 Å². The molecule has 2 aromatic heterocycles. The van der Waals surface area contributed by atoms with Gasteiger partial charge in [0, 0.05) is 9.75 Å². The van der Waals surface area contributed by atoms with Crippen LogP contribution in [0, 0.1) is 6.92 Å². The Kier molecular flexibility index (Phi) is 2.12. The number of rotatable bonds is 2. The Hall–Kier alpha value is -1.20. The smallest absolute Gasteiger partial charge is 0.158 e. The van der Waals surface area contributed by atoms with Crippen molar-refractivity contribution < 1.29 is 5.11 Å². The first kappa shape index (κ1) is 8.40. The Morgan fingerprint density at radius 2 is 2.38 bits per heavy atom. The highest BCUT2D eigenvalue weighted by atomic mass is 32.1. The normalized spacial score (nSPS) is 13.1. The summed E-state index contributed by atoms with van der Waals surface area (Å²) in [7, 11) is 0. The zero-order valence-corrected chi connectivity index (χ0v) is 7.88. The summed E-state index contributed by atoms with van der Waals surface area (Å²) in [4.78, 5) is 5.95. The second-order valence-corrected chi connectivity index (χ2v) is 4.04. The zero-order chi connectivity index (χ0) is 9.26. The van der Waals surface area contributed by atoms with Crippen LogP contribution in [-0.4, -0.2) is 20.3 Å². The maximum absolute atomic E-state index is 9.77. The number of nitrogens with one attached hydrogen (secondary N) is 1. The van der Waals surface area contributed by atoms with Crippen LogP contribution in [0.2, 0.25) is 0 Å². The van der Waals surface area contributed by atoms with Crippen molar-refractivity contribution in [2.24, 2.45) is 0 Å². The first-order chi connectivity index (χ1) is 6.27. The van der Waals surface area contributed by atoms with Crippen molar-refractivity contribution in [1.82, 2.24) is 15.2 Å². The first-order valence-corrected chi connectivity index (χ1v) is 4.68. The van der Waals surface area contributed by atoms with Crippen LogP contribution >= 0.6 is 11.3 Å². The summed E-state index contributed by atoms with van der Waals surface area (Å²) in [6, 6.07) is 3.87. The number of hydrogen-bond acceptors (Lipinski definition) is 4. The minimum absolute atomic E-state index is 0.488. The van der Waals surface area contributed by atoms with E-state index in [0.717, 1.165) is 4.88 Å². The lowest BCUT2D eigenvalue weighted by Crippen LogP contribution is -1.99. The number of aliphatic hydroxyl groups is 1. The van der Waals surface area contributed by atoms with Crippen molar-refractivity contribution >= 4 is 11.3 Å². The molecule has 68 valence electrons. The maximum Gasteiger partial charge on any atom is 0.158 e. The van der Waals surface area contributed by atoms with E-state index >= 15 is 0 Å². The van der Waals surface area contributed by atoms with Crippen LogP contribution in [0.25, 0.3) is 0 Å². The fourth-order valence-electron chi connectivity index (χ4n) is 1.08. The third-order valence-corrected chi connectivity index (χ3v) is 2.78. The summed E-state index contributed by atoms with van der Waals surface area (Å²) in [5.41, 5.74) is 0. The predicted molar refractivity (Wildman–Crippen MR) is 49.5 cm³/mol. The molecule has 1 atom stereocenters. The van der Waals surface area contributed by atoms with Gasteiger partial charge in [0.25, 0.3) is 0 Å². The molecule has 2 aromatic rings. The predicted octanol–water partition coefficient (Wildman–Crippen LogP) is 1.26. The van der Waals surface area contributed by atoms with Crippen LogP contribution in [-0.2, 0) is 0 Å². The molecular weight excluding hydrogens is 186 g/mol. The molecule has 0 aromatic carbocycles. The van der Waals surface area contributed by atoms with Gasteiger partial charge in [0.1, 0.15) is 12.4 Å². The molecule has 2 N–H and O–H groups in total. The Morgan fingerprint density at radius 3 is 2.92 bits per heavy atom. The summed E-state index contributed by atoms with van der Waals surface area (Å²) in [5, 5.41) is 16.1. The van der Waals surface area contributed by atoms with Gasteiger partial charge in [-0.25, -0.2) is 4.98 Å². The van der Waals surface area contributed by atoms with E-state index in [0.29, 0.717) is 5.82 Å². The topological polar surface area (TPSA) is 61.8 Å². The Labute approximate surface area is 79.3 Å². The van der Waals surface area contributed by atoms with Gasteiger partial charge in [0.2, 0.25) is 0 Å². The molecule has 5 heteroatoms. The van der Waals surface area contributed by atoms with Crippen LogP contribution in [0.4, 0.5) is 0 Å². The maximum atomic E-state index is 9.77. The fourth-order valence-corrected chi connectivity index (χ4v) is 1.95. The molecule has 0 saturated heterocycles. The van der Waals surface area contributed by atoms with Crippen LogP contribution < -0.4 is 0 Å². The quantitative estimate of drug-likeness (QED) is 0.758. The summed E-state index contributed by atoms with van der Waals surface area (Å²) in [5.74, 6) is 0.488. The number of aliphatic hydroxyl groups excluding tert-OH is 1. The second-order valence-electron chi connectivity index (χ2n) is 2.72. The molecule has 0 spiro atoms. The summed E-state index contributed by atoms with van der Waals surface area (Å²) < 4.78 is 0. The van der Waals surface area contributed by atoms with E-state index in [1.807, 2.05) is 19.1 Å².